The van der Waals surface area contributed by atoms with Gasteiger partial charge in [0.25, 0.3) is 0 Å². The summed E-state index contributed by atoms with van der Waals surface area (Å²) < 4.78 is 4.77. The lowest BCUT2D eigenvalue weighted by molar-refractivity contribution is 0.181. The normalized spacial score (nSPS) is 13.2. The fraction of sp³-hybridized carbons (Fsp3) is 0.600. The number of hydrogen-bond acceptors (Lipinski definition) is 3. The van der Waals surface area contributed by atoms with Gasteiger partial charge in [-0.3, -0.25) is 11.3 Å². The minimum atomic E-state index is 0.0694. The summed E-state index contributed by atoms with van der Waals surface area (Å²) in [5.41, 5.74) is 2.51. The Bertz CT molecular complexity index is 65.4. The first-order valence-electron chi connectivity index (χ1n) is 2.42. The summed E-state index contributed by atoms with van der Waals surface area (Å²) in [7, 11) is 1.62. The van der Waals surface area contributed by atoms with Gasteiger partial charge in [0.15, 0.2) is 0 Å². The molecule has 0 spiro atoms. The molecule has 0 aromatic heterocycles. The molecule has 3 nitrogen and oxygen atoms in total. The third-order valence-corrected chi connectivity index (χ3v) is 0.845. The van der Waals surface area contributed by atoms with Crippen LogP contribution in [0.15, 0.2) is 12.7 Å². The molecule has 0 aromatic carbocycles. The van der Waals surface area contributed by atoms with Crippen LogP contribution in [0.2, 0.25) is 0 Å². The van der Waals surface area contributed by atoms with Crippen LogP contribution in [0.3, 0.4) is 0 Å². The highest BCUT2D eigenvalue weighted by molar-refractivity contribution is 4.82. The topological polar surface area (TPSA) is 47.3 Å². The standard InChI is InChI=1S/C5H12N2O/c1-3-5(7-6)4-8-2/h3,5,7H,1,4,6H2,2H3. The maximum Gasteiger partial charge on any atom is 0.0664 e. The Hall–Kier alpha value is -0.380. The smallest absolute Gasteiger partial charge is 0.0664 e. The molecule has 3 N–H and O–H groups in total. The maximum absolute atomic E-state index is 5.07. The van der Waals surface area contributed by atoms with Gasteiger partial charge >= 0.3 is 0 Å². The summed E-state index contributed by atoms with van der Waals surface area (Å²) in [4.78, 5) is 0. The van der Waals surface area contributed by atoms with Crippen molar-refractivity contribution in [2.45, 2.75) is 6.04 Å². The van der Waals surface area contributed by atoms with E-state index in [1.807, 2.05) is 0 Å². The first-order chi connectivity index (χ1) is 3.85. The van der Waals surface area contributed by atoms with Crippen LogP contribution in [0.1, 0.15) is 0 Å². The largest absolute Gasteiger partial charge is 0.383 e. The second-order valence-corrected chi connectivity index (χ2v) is 1.46. The summed E-state index contributed by atoms with van der Waals surface area (Å²) in [6.45, 7) is 4.10. The van der Waals surface area contributed by atoms with E-state index in [9.17, 15) is 0 Å². The molecular formula is C5H12N2O. The minimum Gasteiger partial charge on any atom is -0.383 e. The predicted octanol–water partition coefficient (Wildman–Crippen LogP) is -0.349. The quantitative estimate of drug-likeness (QED) is 0.300. The Morgan fingerprint density at radius 2 is 2.62 bits per heavy atom. The van der Waals surface area contributed by atoms with Crippen molar-refractivity contribution >= 4 is 0 Å². The first kappa shape index (κ1) is 7.62. The molecule has 0 amide bonds. The third kappa shape index (κ3) is 2.74. The Balaban J connectivity index is 3.21. The lowest BCUT2D eigenvalue weighted by atomic mass is 10.3. The molecule has 0 aliphatic rings. The van der Waals surface area contributed by atoms with E-state index in [1.54, 1.807) is 13.2 Å². The molecule has 3 heteroatoms. The van der Waals surface area contributed by atoms with Crippen LogP contribution in [0.4, 0.5) is 0 Å². The number of ether oxygens (including phenoxy) is 1. The zero-order chi connectivity index (χ0) is 6.41. The summed E-state index contributed by atoms with van der Waals surface area (Å²) >= 11 is 0. The SMILES string of the molecule is C=CC(COC)NN. The average molecular weight is 116 g/mol. The van der Waals surface area contributed by atoms with Gasteiger partial charge in [-0.05, 0) is 0 Å². The number of nitrogens with one attached hydrogen (secondary N) is 1. The predicted molar refractivity (Wildman–Crippen MR) is 33.2 cm³/mol. The van der Waals surface area contributed by atoms with Gasteiger partial charge in [-0.15, -0.1) is 6.58 Å². The van der Waals surface area contributed by atoms with E-state index in [1.165, 1.54) is 0 Å². The zero-order valence-corrected chi connectivity index (χ0v) is 5.05. The van der Waals surface area contributed by atoms with Crippen LogP contribution in [0.25, 0.3) is 0 Å². The van der Waals surface area contributed by atoms with Crippen molar-refractivity contribution in [1.29, 1.82) is 0 Å². The molecular weight excluding hydrogens is 104 g/mol. The van der Waals surface area contributed by atoms with Crippen molar-refractivity contribution in [1.82, 2.24) is 5.43 Å². The van der Waals surface area contributed by atoms with E-state index >= 15 is 0 Å². The molecule has 0 aliphatic heterocycles. The van der Waals surface area contributed by atoms with Gasteiger partial charge in [-0.1, -0.05) is 6.08 Å². The number of rotatable bonds is 4. The maximum atomic E-state index is 5.07. The van der Waals surface area contributed by atoms with Gasteiger partial charge in [0.05, 0.1) is 12.6 Å². The zero-order valence-electron chi connectivity index (χ0n) is 5.05. The first-order valence-corrected chi connectivity index (χ1v) is 2.42. The molecule has 48 valence electrons. The van der Waals surface area contributed by atoms with Crippen LogP contribution >= 0.6 is 0 Å². The fourth-order valence-corrected chi connectivity index (χ4v) is 0.364. The highest BCUT2D eigenvalue weighted by Crippen LogP contribution is 1.80. The highest BCUT2D eigenvalue weighted by Gasteiger charge is 1.95. The van der Waals surface area contributed by atoms with Crippen molar-refractivity contribution in [2.75, 3.05) is 13.7 Å². The molecule has 0 rings (SSSR count). The van der Waals surface area contributed by atoms with E-state index in [0.29, 0.717) is 6.61 Å². The van der Waals surface area contributed by atoms with Gasteiger partial charge in [0, 0.05) is 7.11 Å². The van der Waals surface area contributed by atoms with Crippen LogP contribution in [0.5, 0.6) is 0 Å². The van der Waals surface area contributed by atoms with Crippen molar-refractivity contribution in [3.05, 3.63) is 12.7 Å². The molecule has 0 aliphatic carbocycles. The van der Waals surface area contributed by atoms with Gasteiger partial charge < -0.3 is 4.74 Å². The minimum absolute atomic E-state index is 0.0694. The Morgan fingerprint density at radius 3 is 2.75 bits per heavy atom. The summed E-state index contributed by atoms with van der Waals surface area (Å²) in [5.74, 6) is 5.07. The molecule has 0 saturated heterocycles. The van der Waals surface area contributed by atoms with E-state index in [2.05, 4.69) is 12.0 Å². The molecule has 0 heterocycles. The third-order valence-electron chi connectivity index (χ3n) is 0.845. The molecule has 0 bridgehead atoms. The second-order valence-electron chi connectivity index (χ2n) is 1.46. The lowest BCUT2D eigenvalue weighted by Gasteiger charge is -2.07. The van der Waals surface area contributed by atoms with Crippen molar-refractivity contribution in [2.24, 2.45) is 5.84 Å². The molecule has 0 fully saturated rings. The van der Waals surface area contributed by atoms with Gasteiger partial charge in [-0.25, -0.2) is 0 Å². The molecule has 0 saturated carbocycles. The summed E-state index contributed by atoms with van der Waals surface area (Å²) in [6, 6.07) is 0.0694. The van der Waals surface area contributed by atoms with Gasteiger partial charge in [-0.2, -0.15) is 0 Å². The number of hydrogen-bond donors (Lipinski definition) is 2. The Morgan fingerprint density at radius 1 is 2.00 bits per heavy atom. The van der Waals surface area contributed by atoms with Crippen LogP contribution < -0.4 is 11.3 Å². The highest BCUT2D eigenvalue weighted by atomic mass is 16.5. The van der Waals surface area contributed by atoms with Crippen LogP contribution in [-0.4, -0.2) is 19.8 Å². The molecule has 0 aromatic rings. The van der Waals surface area contributed by atoms with Crippen molar-refractivity contribution in [3.8, 4) is 0 Å². The van der Waals surface area contributed by atoms with Gasteiger partial charge in [0.2, 0.25) is 0 Å². The number of hydrazine groups is 1. The molecule has 1 atom stereocenters. The lowest BCUT2D eigenvalue weighted by Crippen LogP contribution is -2.36. The second kappa shape index (κ2) is 4.77. The summed E-state index contributed by atoms with van der Waals surface area (Å²) in [5, 5.41) is 0. The summed E-state index contributed by atoms with van der Waals surface area (Å²) in [6.07, 6.45) is 1.70. The average Bonchev–Trinajstić information content (AvgIpc) is 1.83. The molecule has 1 unspecified atom stereocenters. The fourth-order valence-electron chi connectivity index (χ4n) is 0.364. The molecule has 8 heavy (non-hydrogen) atoms. The van der Waals surface area contributed by atoms with Gasteiger partial charge in [0.1, 0.15) is 0 Å². The van der Waals surface area contributed by atoms with Crippen LogP contribution in [0, 0.1) is 0 Å². The number of nitrogens with two attached hydrogens (primary N) is 1. The van der Waals surface area contributed by atoms with Crippen molar-refractivity contribution < 1.29 is 4.74 Å². The van der Waals surface area contributed by atoms with E-state index in [0.717, 1.165) is 0 Å². The van der Waals surface area contributed by atoms with E-state index in [-0.39, 0.29) is 6.04 Å². The van der Waals surface area contributed by atoms with E-state index < -0.39 is 0 Å². The van der Waals surface area contributed by atoms with Crippen molar-refractivity contribution in [3.63, 3.8) is 0 Å². The van der Waals surface area contributed by atoms with E-state index in [4.69, 9.17) is 10.6 Å². The molecule has 0 radical (unpaired) electrons. The van der Waals surface area contributed by atoms with Crippen LogP contribution in [-0.2, 0) is 4.74 Å². The number of methoxy groups -OCH3 is 1. The Kier molecular flexibility index (Phi) is 4.54. The Labute approximate surface area is 49.5 Å². The monoisotopic (exact) mass is 116 g/mol.